The molecule has 0 aromatic heterocycles. The molecular weight excluding hydrogens is 426 g/mol. The number of para-hydroxylation sites is 1. The Kier molecular flexibility index (Phi) is 6.65. The molecule has 0 saturated carbocycles. The van der Waals surface area contributed by atoms with Crippen LogP contribution in [0.2, 0.25) is 0 Å². The lowest BCUT2D eigenvalue weighted by molar-refractivity contribution is -0.120. The molecule has 2 atom stereocenters. The van der Waals surface area contributed by atoms with Gasteiger partial charge in [-0.25, -0.2) is 0 Å². The quantitative estimate of drug-likeness (QED) is 0.536. The number of carbonyl (C=O) groups excluding carboxylic acids is 2. The number of benzene rings is 3. The van der Waals surface area contributed by atoms with Crippen LogP contribution in [0.15, 0.2) is 72.8 Å². The largest absolute Gasteiger partial charge is 0.497 e. The van der Waals surface area contributed by atoms with Crippen LogP contribution in [0.4, 0.5) is 11.4 Å². The highest BCUT2D eigenvalue weighted by Crippen LogP contribution is 2.40. The molecule has 0 aliphatic carbocycles. The predicted molar refractivity (Wildman–Crippen MR) is 132 cm³/mol. The summed E-state index contributed by atoms with van der Waals surface area (Å²) in [5.41, 5.74) is 3.49. The molecular formula is C28H27N3O3. The van der Waals surface area contributed by atoms with Gasteiger partial charge >= 0.3 is 0 Å². The zero-order chi connectivity index (χ0) is 24.2. The Morgan fingerprint density at radius 3 is 2.35 bits per heavy atom. The second-order valence-electron chi connectivity index (χ2n) is 8.34. The number of amides is 2. The van der Waals surface area contributed by atoms with Crippen molar-refractivity contribution in [1.29, 1.82) is 5.26 Å². The fourth-order valence-corrected chi connectivity index (χ4v) is 4.60. The lowest BCUT2D eigenvalue weighted by Crippen LogP contribution is -2.46. The van der Waals surface area contributed by atoms with Gasteiger partial charge in [0.25, 0.3) is 5.91 Å². The summed E-state index contributed by atoms with van der Waals surface area (Å²) in [5, 5.41) is 9.08. The summed E-state index contributed by atoms with van der Waals surface area (Å²) in [6.45, 7) is 4.43. The van der Waals surface area contributed by atoms with Crippen molar-refractivity contribution in [3.05, 3.63) is 89.5 Å². The van der Waals surface area contributed by atoms with E-state index >= 15 is 0 Å². The van der Waals surface area contributed by atoms with Gasteiger partial charge in [0.1, 0.15) is 5.75 Å². The lowest BCUT2D eigenvalue weighted by atomic mass is 9.84. The molecule has 2 unspecified atom stereocenters. The van der Waals surface area contributed by atoms with Crippen LogP contribution in [0.1, 0.15) is 47.7 Å². The van der Waals surface area contributed by atoms with Crippen molar-refractivity contribution in [3.8, 4) is 11.8 Å². The molecule has 0 N–H and O–H groups in total. The number of nitrogens with zero attached hydrogens (tertiary/aromatic N) is 3. The Balaban J connectivity index is 1.67. The predicted octanol–water partition coefficient (Wildman–Crippen LogP) is 5.14. The van der Waals surface area contributed by atoms with Crippen molar-refractivity contribution in [3.63, 3.8) is 0 Å². The van der Waals surface area contributed by atoms with Crippen LogP contribution < -0.4 is 14.5 Å². The van der Waals surface area contributed by atoms with E-state index in [-0.39, 0.29) is 23.8 Å². The molecule has 6 heteroatoms. The number of carbonyl (C=O) groups is 2. The molecule has 1 heterocycles. The van der Waals surface area contributed by atoms with Crippen molar-refractivity contribution >= 4 is 23.2 Å². The number of nitriles is 1. The number of likely N-dealkylation sites (N-methyl/N-ethyl adjacent to an activating group) is 1. The van der Waals surface area contributed by atoms with E-state index in [1.165, 1.54) is 0 Å². The van der Waals surface area contributed by atoms with Gasteiger partial charge in [0.2, 0.25) is 5.91 Å². The Bertz CT molecular complexity index is 1230. The highest BCUT2D eigenvalue weighted by atomic mass is 16.5. The molecule has 2 amide bonds. The number of anilines is 2. The first kappa shape index (κ1) is 23.1. The zero-order valence-electron chi connectivity index (χ0n) is 19.6. The number of rotatable bonds is 5. The van der Waals surface area contributed by atoms with Crippen LogP contribution in [-0.4, -0.2) is 31.5 Å². The van der Waals surface area contributed by atoms with Gasteiger partial charge in [-0.05, 0) is 80.4 Å². The third-order valence-electron chi connectivity index (χ3n) is 6.33. The van der Waals surface area contributed by atoms with E-state index in [0.717, 1.165) is 16.9 Å². The maximum absolute atomic E-state index is 13.8. The van der Waals surface area contributed by atoms with Crippen LogP contribution in [0.3, 0.4) is 0 Å². The molecule has 0 spiro atoms. The van der Waals surface area contributed by atoms with E-state index in [1.807, 2.05) is 38.1 Å². The Morgan fingerprint density at radius 1 is 1.06 bits per heavy atom. The summed E-state index contributed by atoms with van der Waals surface area (Å²) >= 11 is 0. The molecule has 1 aliphatic heterocycles. The second kappa shape index (κ2) is 9.80. The number of fused-ring (bicyclic) bond motifs is 1. The monoisotopic (exact) mass is 453 g/mol. The van der Waals surface area contributed by atoms with Crippen molar-refractivity contribution in [1.82, 2.24) is 0 Å². The van der Waals surface area contributed by atoms with Gasteiger partial charge in [-0.15, -0.1) is 0 Å². The summed E-state index contributed by atoms with van der Waals surface area (Å²) in [5.74, 6) is 0.203. The molecule has 0 radical (unpaired) electrons. The maximum Gasteiger partial charge on any atom is 0.258 e. The van der Waals surface area contributed by atoms with Gasteiger partial charge in [-0.1, -0.05) is 18.2 Å². The third-order valence-corrected chi connectivity index (χ3v) is 6.33. The molecule has 34 heavy (non-hydrogen) atoms. The molecule has 3 aromatic carbocycles. The van der Waals surface area contributed by atoms with E-state index < -0.39 is 0 Å². The van der Waals surface area contributed by atoms with Crippen LogP contribution >= 0.6 is 0 Å². The van der Waals surface area contributed by atoms with Gasteiger partial charge in [0.15, 0.2) is 0 Å². The average Bonchev–Trinajstić information content (AvgIpc) is 2.88. The van der Waals surface area contributed by atoms with E-state index in [2.05, 4.69) is 6.07 Å². The summed E-state index contributed by atoms with van der Waals surface area (Å²) in [6.07, 6.45) is 0.518. The zero-order valence-corrected chi connectivity index (χ0v) is 19.6. The van der Waals surface area contributed by atoms with E-state index in [1.54, 1.807) is 65.4 Å². The van der Waals surface area contributed by atoms with E-state index in [4.69, 9.17) is 10.00 Å². The molecule has 1 aliphatic rings. The van der Waals surface area contributed by atoms with Gasteiger partial charge in [0, 0.05) is 29.5 Å². The first-order valence-electron chi connectivity index (χ1n) is 11.4. The SMILES string of the molecule is CCN(C(=O)C1CC(C)N(C(=O)c2ccc(OC)cc2)c2ccccc21)c1ccc(C#N)cc1. The average molecular weight is 454 g/mol. The molecule has 0 saturated heterocycles. The second-order valence-corrected chi connectivity index (χ2v) is 8.34. The topological polar surface area (TPSA) is 73.6 Å². The smallest absolute Gasteiger partial charge is 0.258 e. The van der Waals surface area contributed by atoms with Crippen molar-refractivity contribution in [2.45, 2.75) is 32.2 Å². The number of methoxy groups -OCH3 is 1. The van der Waals surface area contributed by atoms with Crippen LogP contribution in [0, 0.1) is 11.3 Å². The molecule has 6 nitrogen and oxygen atoms in total. The number of hydrogen-bond donors (Lipinski definition) is 0. The first-order valence-corrected chi connectivity index (χ1v) is 11.4. The normalized spacial score (nSPS) is 16.8. The van der Waals surface area contributed by atoms with Crippen LogP contribution in [-0.2, 0) is 4.79 Å². The van der Waals surface area contributed by atoms with Crippen LogP contribution in [0.25, 0.3) is 0 Å². The summed E-state index contributed by atoms with van der Waals surface area (Å²) in [6, 6.07) is 23.7. The van der Waals surface area contributed by atoms with Gasteiger partial charge < -0.3 is 14.5 Å². The summed E-state index contributed by atoms with van der Waals surface area (Å²) in [4.78, 5) is 30.8. The van der Waals surface area contributed by atoms with Gasteiger partial charge in [-0.2, -0.15) is 5.26 Å². The summed E-state index contributed by atoms with van der Waals surface area (Å²) in [7, 11) is 1.59. The molecule has 0 bridgehead atoms. The Labute approximate surface area is 200 Å². The van der Waals surface area contributed by atoms with E-state index in [0.29, 0.717) is 29.8 Å². The van der Waals surface area contributed by atoms with Crippen molar-refractivity contribution in [2.24, 2.45) is 0 Å². The van der Waals surface area contributed by atoms with Gasteiger partial charge in [0.05, 0.1) is 24.7 Å². The third kappa shape index (κ3) is 4.25. The van der Waals surface area contributed by atoms with Crippen molar-refractivity contribution in [2.75, 3.05) is 23.5 Å². The maximum atomic E-state index is 13.8. The summed E-state index contributed by atoms with van der Waals surface area (Å²) < 4.78 is 5.21. The molecule has 0 fully saturated rings. The van der Waals surface area contributed by atoms with E-state index in [9.17, 15) is 9.59 Å². The minimum atomic E-state index is -0.373. The highest BCUT2D eigenvalue weighted by molar-refractivity contribution is 6.09. The van der Waals surface area contributed by atoms with Gasteiger partial charge in [-0.3, -0.25) is 9.59 Å². The molecule has 3 aromatic rings. The van der Waals surface area contributed by atoms with Crippen LogP contribution in [0.5, 0.6) is 5.75 Å². The van der Waals surface area contributed by atoms with Crippen molar-refractivity contribution < 1.29 is 14.3 Å². The highest BCUT2D eigenvalue weighted by Gasteiger charge is 2.38. The molecule has 4 rings (SSSR count). The first-order chi connectivity index (χ1) is 16.5. The standard InChI is InChI=1S/C28H27N3O3/c1-4-30(22-13-9-20(18-29)10-14-22)28(33)25-17-19(2)31(26-8-6-5-7-24(25)26)27(32)21-11-15-23(34-3)16-12-21/h5-16,19,25H,4,17H2,1-3H3. The Morgan fingerprint density at radius 2 is 1.74 bits per heavy atom. The number of ether oxygens (including phenoxy) is 1. The Hall–Kier alpha value is -4.11. The minimum Gasteiger partial charge on any atom is -0.497 e. The fourth-order valence-electron chi connectivity index (χ4n) is 4.60. The minimum absolute atomic E-state index is 0.0111. The lowest BCUT2D eigenvalue weighted by Gasteiger charge is -2.40. The molecule has 172 valence electrons. The fraction of sp³-hybridized carbons (Fsp3) is 0.250. The number of hydrogen-bond acceptors (Lipinski definition) is 4.